The van der Waals surface area contributed by atoms with Crippen molar-refractivity contribution in [1.82, 2.24) is 10.3 Å². The average Bonchev–Trinajstić information content (AvgIpc) is 2.17. The molecule has 0 saturated carbocycles. The molecule has 0 aromatic carbocycles. The smallest absolute Gasteiger partial charge is 0.0340 e. The Hall–Kier alpha value is -1.15. The van der Waals surface area contributed by atoms with Crippen molar-refractivity contribution in [3.8, 4) is 0 Å². The Kier molecular flexibility index (Phi) is 3.00. The number of nitrogens with one attached hydrogen (secondary N) is 1. The van der Waals surface area contributed by atoms with Gasteiger partial charge in [-0.25, -0.2) is 0 Å². The van der Waals surface area contributed by atoms with Gasteiger partial charge in [-0.3, -0.25) is 4.98 Å². The van der Waals surface area contributed by atoms with Gasteiger partial charge >= 0.3 is 0 Å². The van der Waals surface area contributed by atoms with Gasteiger partial charge < -0.3 is 5.32 Å². The molecule has 0 fully saturated rings. The summed E-state index contributed by atoms with van der Waals surface area (Å²) < 4.78 is 0. The van der Waals surface area contributed by atoms with Gasteiger partial charge in [0.15, 0.2) is 0 Å². The fraction of sp³-hybridized carbons (Fsp3) is 0.300. The zero-order valence-corrected chi connectivity index (χ0v) is 7.54. The molecule has 0 radical (unpaired) electrons. The molecule has 1 atom stereocenters. The molecule has 1 N–H and O–H groups in total. The standard InChI is InChI=1S/C10H14N2/c1-4-9-5-10(7-12-6-9)8(2)11-3/h4-8,11H,1H2,2-3H3/t8-/m1/s1. The molecule has 0 aliphatic heterocycles. The Morgan fingerprint density at radius 2 is 2.33 bits per heavy atom. The van der Waals surface area contributed by atoms with Crippen LogP contribution in [0.1, 0.15) is 24.1 Å². The van der Waals surface area contributed by atoms with Crippen LogP contribution in [-0.4, -0.2) is 12.0 Å². The van der Waals surface area contributed by atoms with Crippen molar-refractivity contribution in [2.75, 3.05) is 7.05 Å². The number of rotatable bonds is 3. The van der Waals surface area contributed by atoms with Crippen molar-refractivity contribution in [3.63, 3.8) is 0 Å². The van der Waals surface area contributed by atoms with E-state index in [-0.39, 0.29) is 0 Å². The molecule has 1 aromatic rings. The molecule has 0 saturated heterocycles. The highest BCUT2D eigenvalue weighted by Gasteiger charge is 2.01. The average molecular weight is 162 g/mol. The molecule has 2 nitrogen and oxygen atoms in total. The van der Waals surface area contributed by atoms with Crippen LogP contribution < -0.4 is 5.32 Å². The van der Waals surface area contributed by atoms with E-state index in [0.29, 0.717) is 6.04 Å². The van der Waals surface area contributed by atoms with Crippen molar-refractivity contribution in [1.29, 1.82) is 0 Å². The highest BCUT2D eigenvalue weighted by atomic mass is 14.9. The van der Waals surface area contributed by atoms with Crippen molar-refractivity contribution in [2.45, 2.75) is 13.0 Å². The van der Waals surface area contributed by atoms with Crippen LogP contribution >= 0.6 is 0 Å². The van der Waals surface area contributed by atoms with Gasteiger partial charge in [-0.15, -0.1) is 0 Å². The maximum atomic E-state index is 4.11. The van der Waals surface area contributed by atoms with Crippen LogP contribution in [-0.2, 0) is 0 Å². The first kappa shape index (κ1) is 8.94. The third-order valence-electron chi connectivity index (χ3n) is 1.95. The van der Waals surface area contributed by atoms with E-state index in [1.807, 2.05) is 13.2 Å². The van der Waals surface area contributed by atoms with Gasteiger partial charge in [0.05, 0.1) is 0 Å². The number of hydrogen-bond acceptors (Lipinski definition) is 2. The Labute approximate surface area is 73.3 Å². The highest BCUT2D eigenvalue weighted by Crippen LogP contribution is 2.12. The summed E-state index contributed by atoms with van der Waals surface area (Å²) in [6, 6.07) is 2.43. The summed E-state index contributed by atoms with van der Waals surface area (Å²) in [7, 11) is 1.94. The van der Waals surface area contributed by atoms with Crippen LogP contribution in [0.15, 0.2) is 25.0 Å². The lowest BCUT2D eigenvalue weighted by Gasteiger charge is -2.09. The lowest BCUT2D eigenvalue weighted by atomic mass is 10.1. The van der Waals surface area contributed by atoms with E-state index in [2.05, 4.69) is 29.9 Å². The summed E-state index contributed by atoms with van der Waals surface area (Å²) in [6.07, 6.45) is 5.48. The topological polar surface area (TPSA) is 24.9 Å². The van der Waals surface area contributed by atoms with E-state index in [9.17, 15) is 0 Å². The van der Waals surface area contributed by atoms with Crippen molar-refractivity contribution < 1.29 is 0 Å². The van der Waals surface area contributed by atoms with Crippen LogP contribution in [0.5, 0.6) is 0 Å². The molecule has 12 heavy (non-hydrogen) atoms. The van der Waals surface area contributed by atoms with E-state index in [1.165, 1.54) is 5.56 Å². The highest BCUT2D eigenvalue weighted by molar-refractivity contribution is 5.46. The molecule has 0 aliphatic rings. The van der Waals surface area contributed by atoms with Crippen LogP contribution in [0.25, 0.3) is 6.08 Å². The molecule has 64 valence electrons. The third-order valence-corrected chi connectivity index (χ3v) is 1.95. The minimum absolute atomic E-state index is 0.345. The van der Waals surface area contributed by atoms with Crippen LogP contribution in [0.3, 0.4) is 0 Å². The maximum absolute atomic E-state index is 4.11. The molecule has 1 rings (SSSR count). The quantitative estimate of drug-likeness (QED) is 0.735. The van der Waals surface area contributed by atoms with Gasteiger partial charge in [0.2, 0.25) is 0 Å². The normalized spacial score (nSPS) is 12.5. The van der Waals surface area contributed by atoms with Gasteiger partial charge in [0.1, 0.15) is 0 Å². The second kappa shape index (κ2) is 4.02. The third kappa shape index (κ3) is 1.92. The minimum Gasteiger partial charge on any atom is -0.313 e. The van der Waals surface area contributed by atoms with Crippen molar-refractivity contribution in [2.24, 2.45) is 0 Å². The largest absolute Gasteiger partial charge is 0.313 e. The maximum Gasteiger partial charge on any atom is 0.0340 e. The summed E-state index contributed by atoms with van der Waals surface area (Å²) in [4.78, 5) is 4.11. The molecule has 1 aromatic heterocycles. The molecule has 0 unspecified atom stereocenters. The summed E-state index contributed by atoms with van der Waals surface area (Å²) in [5.74, 6) is 0. The van der Waals surface area contributed by atoms with E-state index in [4.69, 9.17) is 0 Å². The number of pyridine rings is 1. The number of hydrogen-bond donors (Lipinski definition) is 1. The first-order valence-electron chi connectivity index (χ1n) is 4.02. The minimum atomic E-state index is 0.345. The molecular weight excluding hydrogens is 148 g/mol. The first-order valence-corrected chi connectivity index (χ1v) is 4.02. The van der Waals surface area contributed by atoms with Gasteiger partial charge in [-0.05, 0) is 31.2 Å². The molecule has 0 spiro atoms. The monoisotopic (exact) mass is 162 g/mol. The fourth-order valence-corrected chi connectivity index (χ4v) is 0.991. The van der Waals surface area contributed by atoms with Crippen LogP contribution in [0, 0.1) is 0 Å². The number of aromatic nitrogens is 1. The zero-order chi connectivity index (χ0) is 8.97. The first-order chi connectivity index (χ1) is 5.77. The van der Waals surface area contributed by atoms with Gasteiger partial charge in [-0.1, -0.05) is 12.7 Å². The second-order valence-corrected chi connectivity index (χ2v) is 2.77. The molecule has 0 aliphatic carbocycles. The van der Waals surface area contributed by atoms with Gasteiger partial charge in [-0.2, -0.15) is 0 Å². The lowest BCUT2D eigenvalue weighted by Crippen LogP contribution is -2.12. The van der Waals surface area contributed by atoms with E-state index < -0.39 is 0 Å². The van der Waals surface area contributed by atoms with Crippen LogP contribution in [0.2, 0.25) is 0 Å². The van der Waals surface area contributed by atoms with Crippen molar-refractivity contribution >= 4 is 6.08 Å². The van der Waals surface area contributed by atoms with E-state index >= 15 is 0 Å². The Bertz CT molecular complexity index is 268. The molecular formula is C10H14N2. The molecule has 0 amide bonds. The summed E-state index contributed by atoms with van der Waals surface area (Å²) in [5.41, 5.74) is 2.25. The predicted octanol–water partition coefficient (Wildman–Crippen LogP) is 2.00. The van der Waals surface area contributed by atoms with Gasteiger partial charge in [0.25, 0.3) is 0 Å². The zero-order valence-electron chi connectivity index (χ0n) is 7.54. The van der Waals surface area contributed by atoms with Crippen LogP contribution in [0.4, 0.5) is 0 Å². The summed E-state index contributed by atoms with van der Waals surface area (Å²) >= 11 is 0. The molecule has 2 heteroatoms. The Morgan fingerprint density at radius 3 is 2.92 bits per heavy atom. The molecule has 1 heterocycles. The fourth-order valence-electron chi connectivity index (χ4n) is 0.991. The Balaban J connectivity index is 2.93. The van der Waals surface area contributed by atoms with Gasteiger partial charge in [0, 0.05) is 18.4 Å². The number of nitrogens with zero attached hydrogens (tertiary/aromatic N) is 1. The summed E-state index contributed by atoms with van der Waals surface area (Å²) in [6.45, 7) is 5.80. The Morgan fingerprint density at radius 1 is 1.58 bits per heavy atom. The van der Waals surface area contributed by atoms with E-state index in [0.717, 1.165) is 5.56 Å². The summed E-state index contributed by atoms with van der Waals surface area (Å²) in [5, 5.41) is 3.16. The second-order valence-electron chi connectivity index (χ2n) is 2.77. The predicted molar refractivity (Wildman–Crippen MR) is 51.8 cm³/mol. The lowest BCUT2D eigenvalue weighted by molar-refractivity contribution is 0.649. The molecule has 0 bridgehead atoms. The van der Waals surface area contributed by atoms with Crippen molar-refractivity contribution in [3.05, 3.63) is 36.2 Å². The SMILES string of the molecule is C=Cc1cncc([C@@H](C)NC)c1. The van der Waals surface area contributed by atoms with E-state index in [1.54, 1.807) is 12.3 Å².